The molecule has 28 heavy (non-hydrogen) atoms. The molecule has 2 aromatic heterocycles. The SMILES string of the molecule is CC(C)CCc1nc2n(n1)CCN(C(=O)c1ccc(CN3CCCC3)o1)[C@@H]2C. The number of carbonyl (C=O) groups excluding carboxylic acids is 1. The molecular formula is C21H31N5O2. The van der Waals surface area contributed by atoms with Crippen molar-refractivity contribution in [3.8, 4) is 0 Å². The lowest BCUT2D eigenvalue weighted by atomic mass is 10.1. The van der Waals surface area contributed by atoms with Gasteiger partial charge in [-0.05, 0) is 57.3 Å². The summed E-state index contributed by atoms with van der Waals surface area (Å²) in [6.45, 7) is 10.8. The summed E-state index contributed by atoms with van der Waals surface area (Å²) in [4.78, 5) is 22.0. The summed E-state index contributed by atoms with van der Waals surface area (Å²) < 4.78 is 7.85. The first-order valence-electron chi connectivity index (χ1n) is 10.6. The highest BCUT2D eigenvalue weighted by atomic mass is 16.4. The molecule has 0 bridgehead atoms. The Morgan fingerprint density at radius 3 is 2.75 bits per heavy atom. The van der Waals surface area contributed by atoms with Gasteiger partial charge in [-0.3, -0.25) is 9.69 Å². The van der Waals surface area contributed by atoms with Crippen LogP contribution in [0.15, 0.2) is 16.5 Å². The van der Waals surface area contributed by atoms with Crippen LogP contribution in [-0.4, -0.2) is 50.1 Å². The van der Waals surface area contributed by atoms with Crippen molar-refractivity contribution < 1.29 is 9.21 Å². The number of furan rings is 1. The molecule has 2 aromatic rings. The Morgan fingerprint density at radius 2 is 2.00 bits per heavy atom. The second-order valence-corrected chi connectivity index (χ2v) is 8.47. The summed E-state index contributed by atoms with van der Waals surface area (Å²) >= 11 is 0. The molecule has 0 aromatic carbocycles. The third-order valence-electron chi connectivity index (χ3n) is 5.79. The molecule has 152 valence electrons. The summed E-state index contributed by atoms with van der Waals surface area (Å²) in [6.07, 6.45) is 4.46. The fourth-order valence-electron chi connectivity index (χ4n) is 4.09. The van der Waals surface area contributed by atoms with Crippen LogP contribution in [0.4, 0.5) is 0 Å². The Labute approximate surface area is 166 Å². The molecule has 4 heterocycles. The molecule has 0 radical (unpaired) electrons. The lowest BCUT2D eigenvalue weighted by molar-refractivity contribution is 0.0594. The zero-order valence-electron chi connectivity index (χ0n) is 17.2. The highest BCUT2D eigenvalue weighted by Gasteiger charge is 2.32. The van der Waals surface area contributed by atoms with Crippen LogP contribution in [0, 0.1) is 5.92 Å². The monoisotopic (exact) mass is 385 g/mol. The van der Waals surface area contributed by atoms with Crippen molar-refractivity contribution in [2.75, 3.05) is 19.6 Å². The van der Waals surface area contributed by atoms with Gasteiger partial charge in [0.2, 0.25) is 0 Å². The topological polar surface area (TPSA) is 67.4 Å². The molecule has 0 aliphatic carbocycles. The van der Waals surface area contributed by atoms with Gasteiger partial charge in [-0.2, -0.15) is 5.10 Å². The zero-order chi connectivity index (χ0) is 19.7. The van der Waals surface area contributed by atoms with Gasteiger partial charge in [0, 0.05) is 13.0 Å². The van der Waals surface area contributed by atoms with E-state index in [-0.39, 0.29) is 11.9 Å². The number of rotatable bonds is 6. The average Bonchev–Trinajstić information content (AvgIpc) is 3.41. The van der Waals surface area contributed by atoms with Crippen LogP contribution in [0.1, 0.15) is 74.0 Å². The number of hydrogen-bond acceptors (Lipinski definition) is 5. The van der Waals surface area contributed by atoms with Crippen LogP contribution in [0.25, 0.3) is 0 Å². The highest BCUT2D eigenvalue weighted by molar-refractivity contribution is 5.91. The molecule has 1 atom stereocenters. The molecule has 7 nitrogen and oxygen atoms in total. The Morgan fingerprint density at radius 1 is 1.21 bits per heavy atom. The summed E-state index contributed by atoms with van der Waals surface area (Å²) in [5.74, 6) is 3.63. The van der Waals surface area contributed by atoms with Crippen molar-refractivity contribution in [2.24, 2.45) is 5.92 Å². The van der Waals surface area contributed by atoms with E-state index in [0.29, 0.717) is 24.8 Å². The number of fused-ring (bicyclic) bond motifs is 1. The van der Waals surface area contributed by atoms with Gasteiger partial charge in [0.25, 0.3) is 5.91 Å². The second kappa shape index (κ2) is 8.07. The molecule has 7 heteroatoms. The van der Waals surface area contributed by atoms with E-state index < -0.39 is 0 Å². The quantitative estimate of drug-likeness (QED) is 0.763. The van der Waals surface area contributed by atoms with E-state index in [1.807, 2.05) is 28.6 Å². The Hall–Kier alpha value is -2.15. The number of carbonyl (C=O) groups is 1. The maximum absolute atomic E-state index is 13.1. The van der Waals surface area contributed by atoms with Gasteiger partial charge >= 0.3 is 0 Å². The van der Waals surface area contributed by atoms with E-state index in [2.05, 4.69) is 23.8 Å². The number of likely N-dealkylation sites (tertiary alicyclic amines) is 1. The Bertz CT molecular complexity index is 819. The first kappa shape index (κ1) is 19.2. The molecule has 4 rings (SSSR count). The Balaban J connectivity index is 1.43. The lowest BCUT2D eigenvalue weighted by Gasteiger charge is -2.32. The van der Waals surface area contributed by atoms with E-state index in [4.69, 9.17) is 9.40 Å². The van der Waals surface area contributed by atoms with Crippen molar-refractivity contribution in [1.29, 1.82) is 0 Å². The van der Waals surface area contributed by atoms with Crippen molar-refractivity contribution in [2.45, 2.75) is 65.6 Å². The number of amides is 1. The molecule has 0 saturated carbocycles. The number of nitrogens with zero attached hydrogens (tertiary/aromatic N) is 5. The minimum atomic E-state index is -0.103. The largest absolute Gasteiger partial charge is 0.455 e. The predicted octanol–water partition coefficient (Wildman–Crippen LogP) is 3.27. The third-order valence-corrected chi connectivity index (χ3v) is 5.79. The van der Waals surface area contributed by atoms with E-state index in [9.17, 15) is 4.79 Å². The van der Waals surface area contributed by atoms with E-state index >= 15 is 0 Å². The minimum absolute atomic E-state index is 0.0573. The van der Waals surface area contributed by atoms with Gasteiger partial charge in [0.05, 0.1) is 19.1 Å². The number of aryl methyl sites for hydroxylation is 1. The molecule has 0 N–H and O–H groups in total. The maximum Gasteiger partial charge on any atom is 0.290 e. The summed E-state index contributed by atoms with van der Waals surface area (Å²) in [7, 11) is 0. The number of aromatic nitrogens is 3. The van der Waals surface area contributed by atoms with Gasteiger partial charge in [0.1, 0.15) is 11.6 Å². The van der Waals surface area contributed by atoms with Crippen LogP contribution in [0.2, 0.25) is 0 Å². The van der Waals surface area contributed by atoms with Gasteiger partial charge < -0.3 is 9.32 Å². The van der Waals surface area contributed by atoms with Crippen molar-refractivity contribution >= 4 is 5.91 Å². The molecule has 0 unspecified atom stereocenters. The van der Waals surface area contributed by atoms with Crippen molar-refractivity contribution in [1.82, 2.24) is 24.6 Å². The average molecular weight is 386 g/mol. The van der Waals surface area contributed by atoms with Crippen LogP contribution in [-0.2, 0) is 19.5 Å². The molecule has 2 aliphatic rings. The Kier molecular flexibility index (Phi) is 5.53. The number of hydrogen-bond donors (Lipinski definition) is 0. The molecule has 1 amide bonds. The smallest absolute Gasteiger partial charge is 0.290 e. The molecular weight excluding hydrogens is 354 g/mol. The highest BCUT2D eigenvalue weighted by Crippen LogP contribution is 2.26. The van der Waals surface area contributed by atoms with Crippen molar-refractivity contribution in [3.05, 3.63) is 35.3 Å². The lowest BCUT2D eigenvalue weighted by Crippen LogP contribution is -2.41. The van der Waals surface area contributed by atoms with Crippen molar-refractivity contribution in [3.63, 3.8) is 0 Å². The normalized spacial score (nSPS) is 20.1. The molecule has 2 aliphatic heterocycles. The van der Waals surface area contributed by atoms with E-state index in [1.165, 1.54) is 12.8 Å². The van der Waals surface area contributed by atoms with Gasteiger partial charge in [0.15, 0.2) is 11.6 Å². The molecule has 1 fully saturated rings. The zero-order valence-corrected chi connectivity index (χ0v) is 17.2. The van der Waals surface area contributed by atoms with E-state index in [1.54, 1.807) is 0 Å². The van der Waals surface area contributed by atoms with Crippen LogP contribution in [0.3, 0.4) is 0 Å². The van der Waals surface area contributed by atoms with E-state index in [0.717, 1.165) is 49.9 Å². The standard InChI is InChI=1S/C21H31N5O2/c1-15(2)6-9-19-22-20-16(3)25(12-13-26(20)23-19)21(27)18-8-7-17(28-18)14-24-10-4-5-11-24/h7-8,15-16H,4-6,9-14H2,1-3H3/t16-/m1/s1. The second-order valence-electron chi connectivity index (χ2n) is 8.47. The maximum atomic E-state index is 13.1. The van der Waals surface area contributed by atoms with Gasteiger partial charge in [-0.1, -0.05) is 13.8 Å². The van der Waals surface area contributed by atoms with Crippen LogP contribution < -0.4 is 0 Å². The molecule has 0 spiro atoms. The fourth-order valence-corrected chi connectivity index (χ4v) is 4.09. The van der Waals surface area contributed by atoms with Crippen LogP contribution >= 0.6 is 0 Å². The summed E-state index contributed by atoms with van der Waals surface area (Å²) in [5, 5.41) is 4.64. The predicted molar refractivity (Wildman–Crippen MR) is 106 cm³/mol. The van der Waals surface area contributed by atoms with Gasteiger partial charge in [-0.25, -0.2) is 9.67 Å². The first-order chi connectivity index (χ1) is 13.5. The summed E-state index contributed by atoms with van der Waals surface area (Å²) in [6, 6.07) is 3.65. The minimum Gasteiger partial charge on any atom is -0.455 e. The molecule has 1 saturated heterocycles. The van der Waals surface area contributed by atoms with Crippen LogP contribution in [0.5, 0.6) is 0 Å². The fraction of sp³-hybridized carbons (Fsp3) is 0.667. The first-order valence-corrected chi connectivity index (χ1v) is 10.6. The van der Waals surface area contributed by atoms with Gasteiger partial charge in [-0.15, -0.1) is 0 Å². The third kappa shape index (κ3) is 3.99. The summed E-state index contributed by atoms with van der Waals surface area (Å²) in [5.41, 5.74) is 0.